The van der Waals surface area contributed by atoms with Crippen LogP contribution in [0.5, 0.6) is 0 Å². The van der Waals surface area contributed by atoms with Gasteiger partial charge in [0, 0.05) is 11.8 Å². The van der Waals surface area contributed by atoms with E-state index in [1.807, 2.05) is 0 Å². The van der Waals surface area contributed by atoms with Crippen LogP contribution in [0.4, 0.5) is 0 Å². The molecule has 4 nitrogen and oxygen atoms in total. The molecule has 74 valence electrons. The Hall–Kier alpha value is -0.710. The van der Waals surface area contributed by atoms with E-state index in [4.69, 9.17) is 0 Å². The number of amides is 1. The van der Waals surface area contributed by atoms with Crippen LogP contribution in [0.25, 0.3) is 0 Å². The van der Waals surface area contributed by atoms with E-state index in [-0.39, 0.29) is 6.04 Å². The highest BCUT2D eigenvalue weighted by Crippen LogP contribution is 2.16. The van der Waals surface area contributed by atoms with Crippen molar-refractivity contribution in [1.29, 1.82) is 0 Å². The molecule has 1 unspecified atom stereocenters. The topological polar surface area (TPSA) is 55.4 Å². The molecule has 0 saturated carbocycles. The van der Waals surface area contributed by atoms with Crippen LogP contribution < -0.4 is 5.32 Å². The zero-order chi connectivity index (χ0) is 9.68. The van der Waals surface area contributed by atoms with Crippen LogP contribution in [0.2, 0.25) is 0 Å². The maximum absolute atomic E-state index is 11.0. The third kappa shape index (κ3) is 3.26. The van der Waals surface area contributed by atoms with Gasteiger partial charge in [0.2, 0.25) is 0 Å². The van der Waals surface area contributed by atoms with E-state index in [1.54, 1.807) is 11.8 Å². The van der Waals surface area contributed by atoms with Crippen LogP contribution in [0.3, 0.4) is 0 Å². The summed E-state index contributed by atoms with van der Waals surface area (Å²) in [5.74, 6) is 0.596. The van der Waals surface area contributed by atoms with Crippen LogP contribution in [0, 0.1) is 0 Å². The molecule has 1 atom stereocenters. The van der Waals surface area contributed by atoms with Gasteiger partial charge in [0.1, 0.15) is 0 Å². The van der Waals surface area contributed by atoms with Crippen molar-refractivity contribution in [1.82, 2.24) is 5.32 Å². The average Bonchev–Trinajstić information content (AvgIpc) is 2.18. The maximum atomic E-state index is 11.0. The largest absolute Gasteiger partial charge is 0.462 e. The molecule has 0 bridgehead atoms. The first-order chi connectivity index (χ1) is 6.24. The van der Waals surface area contributed by atoms with E-state index in [2.05, 4.69) is 10.1 Å². The number of carbonyl (C=O) groups excluding carboxylic acids is 2. The first kappa shape index (κ1) is 10.4. The monoisotopic (exact) mass is 203 g/mol. The second-order valence-electron chi connectivity index (χ2n) is 2.88. The van der Waals surface area contributed by atoms with Gasteiger partial charge in [-0.2, -0.15) is 11.8 Å². The first-order valence-electron chi connectivity index (χ1n) is 4.20. The number of hydrogen-bond acceptors (Lipinski definition) is 4. The highest BCUT2D eigenvalue weighted by Gasteiger charge is 2.20. The fourth-order valence-corrected chi connectivity index (χ4v) is 2.26. The zero-order valence-corrected chi connectivity index (χ0v) is 8.36. The van der Waals surface area contributed by atoms with Crippen molar-refractivity contribution in [3.63, 3.8) is 0 Å². The summed E-state index contributed by atoms with van der Waals surface area (Å²) >= 11 is 1.80. The van der Waals surface area contributed by atoms with Crippen LogP contribution >= 0.6 is 11.8 Å². The van der Waals surface area contributed by atoms with E-state index in [0.717, 1.165) is 24.3 Å². The predicted molar refractivity (Wildman–Crippen MR) is 50.5 cm³/mol. The van der Waals surface area contributed by atoms with Crippen molar-refractivity contribution in [2.75, 3.05) is 18.6 Å². The van der Waals surface area contributed by atoms with Gasteiger partial charge < -0.3 is 10.1 Å². The van der Waals surface area contributed by atoms with E-state index >= 15 is 0 Å². The molecule has 1 aliphatic rings. The standard InChI is InChI=1S/C8H13NO3S/c1-12-8(11)7(10)9-6-3-2-4-13-5-6/h6H,2-5H2,1H3,(H,9,10). The lowest BCUT2D eigenvalue weighted by Crippen LogP contribution is -2.42. The van der Waals surface area contributed by atoms with Gasteiger partial charge in [-0.3, -0.25) is 4.79 Å². The summed E-state index contributed by atoms with van der Waals surface area (Å²) in [6.45, 7) is 0. The summed E-state index contributed by atoms with van der Waals surface area (Å²) in [6, 6.07) is 0.130. The van der Waals surface area contributed by atoms with Crippen LogP contribution in [-0.2, 0) is 14.3 Å². The van der Waals surface area contributed by atoms with Crippen LogP contribution in [0.15, 0.2) is 0 Å². The fourth-order valence-electron chi connectivity index (χ4n) is 1.19. The molecule has 0 aromatic heterocycles. The Labute approximate surface area is 81.4 Å². The average molecular weight is 203 g/mol. The highest BCUT2D eigenvalue weighted by atomic mass is 32.2. The molecule has 1 saturated heterocycles. The minimum atomic E-state index is -0.810. The first-order valence-corrected chi connectivity index (χ1v) is 5.36. The normalized spacial score (nSPS) is 22.1. The summed E-state index contributed by atoms with van der Waals surface area (Å²) < 4.78 is 4.30. The number of nitrogens with one attached hydrogen (secondary N) is 1. The molecule has 1 fully saturated rings. The van der Waals surface area contributed by atoms with Crippen LogP contribution in [0.1, 0.15) is 12.8 Å². The van der Waals surface area contributed by atoms with Gasteiger partial charge in [-0.1, -0.05) is 0 Å². The number of methoxy groups -OCH3 is 1. The third-order valence-corrected chi connectivity index (χ3v) is 3.08. The molecule has 1 amide bonds. The van der Waals surface area contributed by atoms with Crippen molar-refractivity contribution in [3.05, 3.63) is 0 Å². The van der Waals surface area contributed by atoms with Crippen LogP contribution in [-0.4, -0.2) is 36.5 Å². The number of rotatable bonds is 1. The van der Waals surface area contributed by atoms with Crippen molar-refractivity contribution in [3.8, 4) is 0 Å². The van der Waals surface area contributed by atoms with Gasteiger partial charge in [-0.25, -0.2) is 4.79 Å². The highest BCUT2D eigenvalue weighted by molar-refractivity contribution is 7.99. The fraction of sp³-hybridized carbons (Fsp3) is 0.750. The number of thioether (sulfide) groups is 1. The molecule has 0 aliphatic carbocycles. The lowest BCUT2D eigenvalue weighted by atomic mass is 10.2. The van der Waals surface area contributed by atoms with Gasteiger partial charge in [0.15, 0.2) is 0 Å². The molecule has 1 N–H and O–H groups in total. The lowest BCUT2D eigenvalue weighted by molar-refractivity contribution is -0.153. The molecule has 0 aromatic carbocycles. The maximum Gasteiger partial charge on any atom is 0.396 e. The Bertz CT molecular complexity index is 202. The van der Waals surface area contributed by atoms with Crippen molar-refractivity contribution >= 4 is 23.6 Å². The van der Waals surface area contributed by atoms with Crippen molar-refractivity contribution in [2.24, 2.45) is 0 Å². The quantitative estimate of drug-likeness (QED) is 0.487. The number of esters is 1. The Morgan fingerprint density at radius 3 is 2.85 bits per heavy atom. The Balaban J connectivity index is 2.30. The van der Waals surface area contributed by atoms with Gasteiger partial charge in [-0.15, -0.1) is 0 Å². The van der Waals surface area contributed by atoms with Gasteiger partial charge >= 0.3 is 11.9 Å². The lowest BCUT2D eigenvalue weighted by Gasteiger charge is -2.21. The van der Waals surface area contributed by atoms with E-state index < -0.39 is 11.9 Å². The molecule has 0 aromatic rings. The zero-order valence-electron chi connectivity index (χ0n) is 7.54. The molecule has 1 heterocycles. The summed E-state index contributed by atoms with van der Waals surface area (Å²) in [6.07, 6.45) is 2.05. The molecule has 0 radical (unpaired) electrons. The number of hydrogen-bond donors (Lipinski definition) is 1. The smallest absolute Gasteiger partial charge is 0.396 e. The molecular formula is C8H13NO3S. The Kier molecular flexibility index (Phi) is 4.08. The van der Waals surface area contributed by atoms with Gasteiger partial charge in [0.25, 0.3) is 0 Å². The van der Waals surface area contributed by atoms with E-state index in [0.29, 0.717) is 0 Å². The second-order valence-corrected chi connectivity index (χ2v) is 4.03. The summed E-state index contributed by atoms with van der Waals surface area (Å²) in [4.78, 5) is 21.8. The Morgan fingerprint density at radius 2 is 2.31 bits per heavy atom. The number of carbonyl (C=O) groups is 2. The van der Waals surface area contributed by atoms with E-state index in [1.165, 1.54) is 7.11 Å². The second kappa shape index (κ2) is 5.11. The van der Waals surface area contributed by atoms with E-state index in [9.17, 15) is 9.59 Å². The van der Waals surface area contributed by atoms with Crippen molar-refractivity contribution < 1.29 is 14.3 Å². The summed E-state index contributed by atoms with van der Waals surface area (Å²) in [5, 5.41) is 2.64. The molecule has 1 rings (SSSR count). The minimum absolute atomic E-state index is 0.130. The Morgan fingerprint density at radius 1 is 1.54 bits per heavy atom. The molecule has 1 aliphatic heterocycles. The molecule has 13 heavy (non-hydrogen) atoms. The van der Waals surface area contributed by atoms with Gasteiger partial charge in [-0.05, 0) is 18.6 Å². The SMILES string of the molecule is COC(=O)C(=O)NC1CCCSC1. The van der Waals surface area contributed by atoms with Gasteiger partial charge in [0.05, 0.1) is 7.11 Å². The minimum Gasteiger partial charge on any atom is -0.462 e. The third-order valence-electron chi connectivity index (χ3n) is 1.87. The number of ether oxygens (including phenoxy) is 1. The molecule has 0 spiro atoms. The molecular weight excluding hydrogens is 190 g/mol. The van der Waals surface area contributed by atoms with Crippen molar-refractivity contribution in [2.45, 2.75) is 18.9 Å². The molecule has 5 heteroatoms. The summed E-state index contributed by atoms with van der Waals surface area (Å²) in [7, 11) is 1.21. The predicted octanol–water partition coefficient (Wildman–Crippen LogP) is 0.171. The summed E-state index contributed by atoms with van der Waals surface area (Å²) in [5.41, 5.74) is 0.